The van der Waals surface area contributed by atoms with Gasteiger partial charge in [0.05, 0.1) is 40.5 Å². The van der Waals surface area contributed by atoms with Crippen molar-refractivity contribution < 1.29 is 18.3 Å². The Kier molecular flexibility index (Phi) is 8.62. The summed E-state index contributed by atoms with van der Waals surface area (Å²) in [5, 5.41) is 11.0. The zero-order valence-corrected chi connectivity index (χ0v) is 24.2. The van der Waals surface area contributed by atoms with Crippen molar-refractivity contribution in [3.05, 3.63) is 52.2 Å². The first kappa shape index (κ1) is 29.0. The molecular weight excluding hydrogens is 554 g/mol. The van der Waals surface area contributed by atoms with Crippen LogP contribution < -0.4 is 20.7 Å². The number of nitrogens with zero attached hydrogens (tertiary/aromatic N) is 6. The average molecular weight is 589 g/mol. The van der Waals surface area contributed by atoms with Crippen molar-refractivity contribution in [2.24, 2.45) is 5.92 Å². The number of hydrogen-bond donors (Lipinski definition) is 2. The number of nitrogens with one attached hydrogen (secondary N) is 1. The third kappa shape index (κ3) is 6.39. The van der Waals surface area contributed by atoms with Crippen LogP contribution in [0.25, 0.3) is 5.69 Å². The molecule has 0 saturated carbocycles. The van der Waals surface area contributed by atoms with Gasteiger partial charge in [0.25, 0.3) is 11.8 Å². The molecule has 220 valence electrons. The van der Waals surface area contributed by atoms with E-state index in [1.807, 2.05) is 11.9 Å². The number of nitrogens with two attached hydrogens (primary N) is 1. The second-order valence-corrected chi connectivity index (χ2v) is 11.3. The summed E-state index contributed by atoms with van der Waals surface area (Å²) in [6, 6.07) is 4.08. The van der Waals surface area contributed by atoms with Crippen LogP contribution in [-0.2, 0) is 0 Å². The van der Waals surface area contributed by atoms with Crippen LogP contribution in [-0.4, -0.2) is 90.7 Å². The predicted octanol–water partition coefficient (Wildman–Crippen LogP) is 3.81. The fourth-order valence-corrected chi connectivity index (χ4v) is 5.38. The highest BCUT2D eigenvalue weighted by Gasteiger charge is 2.24. The van der Waals surface area contributed by atoms with Crippen molar-refractivity contribution >= 4 is 34.6 Å². The molecular formula is C28H35ClF2N8O2. The van der Waals surface area contributed by atoms with Crippen molar-refractivity contribution in [1.82, 2.24) is 24.8 Å². The summed E-state index contributed by atoms with van der Waals surface area (Å²) in [6.07, 6.45) is 3.61. The third-order valence-electron chi connectivity index (χ3n) is 7.87. The number of rotatable bonds is 7. The predicted molar refractivity (Wildman–Crippen MR) is 155 cm³/mol. The SMILES string of the molecule is Cc1c(F)c(N)cc(C(=O)Nc2cc(-n3cc(OCC4CCN(C)CC4)nn3)c(F)cc2N2CCN(C)CC2)c1Cl. The summed E-state index contributed by atoms with van der Waals surface area (Å²) in [5.74, 6) is -1.09. The van der Waals surface area contributed by atoms with Crippen molar-refractivity contribution in [3.8, 4) is 11.6 Å². The van der Waals surface area contributed by atoms with Gasteiger partial charge in [-0.3, -0.25) is 4.79 Å². The molecule has 1 aromatic heterocycles. The molecule has 41 heavy (non-hydrogen) atoms. The molecule has 3 N–H and O–H groups in total. The van der Waals surface area contributed by atoms with Crippen LogP contribution in [0.2, 0.25) is 5.02 Å². The van der Waals surface area contributed by atoms with Gasteiger partial charge < -0.3 is 30.5 Å². The van der Waals surface area contributed by atoms with Crippen LogP contribution in [0.3, 0.4) is 0 Å². The standard InChI is InChI=1S/C28H35ClF2N8O2/c1-17-26(29)19(12-21(32)27(17)31)28(40)33-22-14-23(20(30)13-24(22)38-10-8-37(3)9-11-38)39-15-25(34-35-39)41-16-18-4-6-36(2)7-5-18/h12-15,18H,4-11,16,32H2,1-3H3,(H,33,40). The largest absolute Gasteiger partial charge is 0.475 e. The first-order valence-corrected chi connectivity index (χ1v) is 14.0. The Bertz CT molecular complexity index is 1420. The van der Waals surface area contributed by atoms with Gasteiger partial charge in [0.1, 0.15) is 5.69 Å². The number of aromatic nitrogens is 3. The van der Waals surface area contributed by atoms with Gasteiger partial charge in [-0.25, -0.2) is 13.5 Å². The zero-order valence-electron chi connectivity index (χ0n) is 23.5. The number of hydrogen-bond acceptors (Lipinski definition) is 8. The van der Waals surface area contributed by atoms with Crippen molar-refractivity contribution in [2.75, 3.05) is 75.9 Å². The van der Waals surface area contributed by atoms with Gasteiger partial charge in [-0.2, -0.15) is 0 Å². The number of ether oxygens (including phenoxy) is 1. The van der Waals surface area contributed by atoms with Crippen LogP contribution in [0.4, 0.5) is 25.8 Å². The highest BCUT2D eigenvalue weighted by Crippen LogP contribution is 2.34. The van der Waals surface area contributed by atoms with Crippen LogP contribution in [0.5, 0.6) is 5.88 Å². The van der Waals surface area contributed by atoms with E-state index in [1.54, 1.807) is 0 Å². The first-order valence-electron chi connectivity index (χ1n) is 13.7. The number of carbonyl (C=O) groups excluding carboxylic acids is 1. The number of piperidine rings is 1. The smallest absolute Gasteiger partial charge is 0.257 e. The molecule has 0 bridgehead atoms. The lowest BCUT2D eigenvalue weighted by Crippen LogP contribution is -2.44. The van der Waals surface area contributed by atoms with E-state index in [1.165, 1.54) is 36.0 Å². The van der Waals surface area contributed by atoms with Gasteiger partial charge in [-0.15, -0.1) is 0 Å². The van der Waals surface area contributed by atoms with Crippen molar-refractivity contribution in [3.63, 3.8) is 0 Å². The van der Waals surface area contributed by atoms with Gasteiger partial charge in [-0.1, -0.05) is 21.9 Å². The molecule has 13 heteroatoms. The maximum Gasteiger partial charge on any atom is 0.257 e. The first-order chi connectivity index (χ1) is 19.6. The minimum Gasteiger partial charge on any atom is -0.475 e. The molecule has 1 amide bonds. The van der Waals surface area contributed by atoms with Crippen LogP contribution in [0, 0.1) is 24.5 Å². The second-order valence-electron chi connectivity index (χ2n) is 10.9. The minimum atomic E-state index is -0.672. The molecule has 2 aromatic carbocycles. The van der Waals surface area contributed by atoms with E-state index in [4.69, 9.17) is 22.1 Å². The Hall–Kier alpha value is -3.48. The van der Waals surface area contributed by atoms with Crippen LogP contribution >= 0.6 is 11.6 Å². The molecule has 3 aromatic rings. The van der Waals surface area contributed by atoms with Gasteiger partial charge in [-0.05, 0) is 65.0 Å². The van der Waals surface area contributed by atoms with E-state index in [-0.39, 0.29) is 27.5 Å². The number of carbonyl (C=O) groups is 1. The van der Waals surface area contributed by atoms with Gasteiger partial charge in [0.15, 0.2) is 11.6 Å². The normalized spacial score (nSPS) is 17.2. The number of nitrogen functional groups attached to an aromatic ring is 1. The molecule has 0 atom stereocenters. The molecule has 0 unspecified atom stereocenters. The molecule has 3 heterocycles. The number of halogens is 3. The summed E-state index contributed by atoms with van der Waals surface area (Å²) in [7, 11) is 4.12. The Balaban J connectivity index is 1.43. The van der Waals surface area contributed by atoms with Gasteiger partial charge in [0.2, 0.25) is 0 Å². The van der Waals surface area contributed by atoms with Crippen molar-refractivity contribution in [1.29, 1.82) is 0 Å². The number of piperazine rings is 1. The number of likely N-dealkylation sites (tertiary alicyclic amines) is 1. The molecule has 2 saturated heterocycles. The molecule has 5 rings (SSSR count). The summed E-state index contributed by atoms with van der Waals surface area (Å²) in [5.41, 5.74) is 6.61. The third-order valence-corrected chi connectivity index (χ3v) is 8.36. The highest BCUT2D eigenvalue weighted by molar-refractivity contribution is 6.35. The molecule has 0 radical (unpaired) electrons. The Morgan fingerprint density at radius 2 is 1.76 bits per heavy atom. The Morgan fingerprint density at radius 1 is 1.07 bits per heavy atom. The molecule has 2 aliphatic rings. The monoisotopic (exact) mass is 588 g/mol. The summed E-state index contributed by atoms with van der Waals surface area (Å²) < 4.78 is 37.0. The maximum atomic E-state index is 15.6. The second kappa shape index (κ2) is 12.2. The summed E-state index contributed by atoms with van der Waals surface area (Å²) in [6.45, 7) is 6.84. The molecule has 10 nitrogen and oxygen atoms in total. The van der Waals surface area contributed by atoms with E-state index in [9.17, 15) is 9.18 Å². The van der Waals surface area contributed by atoms with E-state index >= 15 is 4.39 Å². The van der Waals surface area contributed by atoms with Gasteiger partial charge >= 0.3 is 0 Å². The lowest BCUT2D eigenvalue weighted by molar-refractivity contribution is 0.102. The Labute approximate surface area is 243 Å². The van der Waals surface area contributed by atoms with E-state index in [0.29, 0.717) is 42.9 Å². The Morgan fingerprint density at radius 3 is 2.46 bits per heavy atom. The van der Waals surface area contributed by atoms with Crippen LogP contribution in [0.1, 0.15) is 28.8 Å². The fourth-order valence-electron chi connectivity index (χ4n) is 5.15. The molecule has 2 aliphatic heterocycles. The zero-order chi connectivity index (χ0) is 29.3. The average Bonchev–Trinajstić information content (AvgIpc) is 3.43. The number of benzene rings is 2. The van der Waals surface area contributed by atoms with E-state index in [0.717, 1.165) is 39.0 Å². The lowest BCUT2D eigenvalue weighted by Gasteiger charge is -2.35. The fraction of sp³-hybridized carbons (Fsp3) is 0.464. The molecule has 0 spiro atoms. The maximum absolute atomic E-state index is 15.6. The summed E-state index contributed by atoms with van der Waals surface area (Å²) in [4.78, 5) is 19.8. The minimum absolute atomic E-state index is 0.0172. The molecule has 2 fully saturated rings. The van der Waals surface area contributed by atoms with E-state index < -0.39 is 17.5 Å². The summed E-state index contributed by atoms with van der Waals surface area (Å²) >= 11 is 6.31. The topological polar surface area (TPSA) is 105 Å². The number of likely N-dealkylation sites (N-methyl/N-ethyl adjacent to an activating group) is 1. The van der Waals surface area contributed by atoms with Crippen LogP contribution in [0.15, 0.2) is 24.4 Å². The molecule has 0 aliphatic carbocycles. The number of anilines is 3. The van der Waals surface area contributed by atoms with Gasteiger partial charge in [0, 0.05) is 37.8 Å². The number of amides is 1. The van der Waals surface area contributed by atoms with Crippen molar-refractivity contribution in [2.45, 2.75) is 19.8 Å². The lowest BCUT2D eigenvalue weighted by atomic mass is 9.98. The van der Waals surface area contributed by atoms with E-state index in [2.05, 4.69) is 32.5 Å². The highest BCUT2D eigenvalue weighted by atomic mass is 35.5. The quantitative estimate of drug-likeness (QED) is 0.402.